The van der Waals surface area contributed by atoms with Gasteiger partial charge in [-0.25, -0.2) is 4.79 Å². The first-order valence-electron chi connectivity index (χ1n) is 8.76. The minimum absolute atomic E-state index is 0.0573. The van der Waals surface area contributed by atoms with E-state index in [1.54, 1.807) is 42.6 Å². The summed E-state index contributed by atoms with van der Waals surface area (Å²) in [7, 11) is 0. The smallest absolute Gasteiger partial charge is 0.319 e. The number of ketones is 1. The number of aromatic nitrogens is 1. The predicted octanol–water partition coefficient (Wildman–Crippen LogP) is 4.66. The fraction of sp³-hybridized carbons (Fsp3) is 0.136. The lowest BCUT2D eigenvalue weighted by Gasteiger charge is -2.10. The van der Waals surface area contributed by atoms with Gasteiger partial charge in [-0.15, -0.1) is 0 Å². The van der Waals surface area contributed by atoms with Crippen LogP contribution in [0.25, 0.3) is 17.0 Å². The molecule has 136 valence electrons. The Hall–Kier alpha value is -3.47. The zero-order valence-electron chi connectivity index (χ0n) is 15.3. The Labute approximate surface area is 158 Å². The Balaban J connectivity index is 1.66. The number of pyridine rings is 1. The summed E-state index contributed by atoms with van der Waals surface area (Å²) in [6.07, 6.45) is 5.09. The van der Waals surface area contributed by atoms with Crippen molar-refractivity contribution in [2.75, 3.05) is 5.32 Å². The summed E-state index contributed by atoms with van der Waals surface area (Å²) in [5.41, 5.74) is 3.05. The number of amides is 2. The van der Waals surface area contributed by atoms with Crippen molar-refractivity contribution in [2.24, 2.45) is 0 Å². The van der Waals surface area contributed by atoms with Crippen molar-refractivity contribution in [2.45, 2.75) is 19.9 Å². The molecule has 1 aromatic heterocycles. The lowest BCUT2D eigenvalue weighted by atomic mass is 10.1. The molecule has 5 heteroatoms. The van der Waals surface area contributed by atoms with Crippen LogP contribution in [-0.4, -0.2) is 22.8 Å². The molecule has 3 aromatic rings. The SMILES string of the molecule is CC(C)NC(=O)Nc1ccc(C(=O)/C=C/c2ccc3ncccc3c2)cc1. The summed E-state index contributed by atoms with van der Waals surface area (Å²) in [6.45, 7) is 3.78. The molecule has 0 bridgehead atoms. The molecule has 0 saturated carbocycles. The Morgan fingerprint density at radius 3 is 2.56 bits per heavy atom. The van der Waals surface area contributed by atoms with Gasteiger partial charge in [0.25, 0.3) is 0 Å². The number of nitrogens with zero attached hydrogens (tertiary/aromatic N) is 1. The van der Waals surface area contributed by atoms with E-state index in [2.05, 4.69) is 15.6 Å². The van der Waals surface area contributed by atoms with E-state index in [1.807, 2.05) is 44.2 Å². The van der Waals surface area contributed by atoms with Gasteiger partial charge >= 0.3 is 6.03 Å². The van der Waals surface area contributed by atoms with Crippen LogP contribution in [0.1, 0.15) is 29.8 Å². The third-order valence-electron chi connectivity index (χ3n) is 3.90. The van der Waals surface area contributed by atoms with Crippen molar-refractivity contribution in [3.63, 3.8) is 0 Å². The van der Waals surface area contributed by atoms with Gasteiger partial charge in [-0.05, 0) is 68.0 Å². The molecule has 0 saturated heterocycles. The summed E-state index contributed by atoms with van der Waals surface area (Å²) in [5.74, 6) is -0.0977. The molecule has 5 nitrogen and oxygen atoms in total. The van der Waals surface area contributed by atoms with Crippen LogP contribution in [0.4, 0.5) is 10.5 Å². The molecule has 2 N–H and O–H groups in total. The zero-order chi connectivity index (χ0) is 19.2. The number of fused-ring (bicyclic) bond motifs is 1. The van der Waals surface area contributed by atoms with Gasteiger partial charge in [0.2, 0.25) is 0 Å². The van der Waals surface area contributed by atoms with E-state index in [9.17, 15) is 9.59 Å². The zero-order valence-corrected chi connectivity index (χ0v) is 15.3. The molecule has 27 heavy (non-hydrogen) atoms. The molecule has 0 aliphatic rings. The van der Waals surface area contributed by atoms with Crippen LogP contribution >= 0.6 is 0 Å². The lowest BCUT2D eigenvalue weighted by Crippen LogP contribution is -2.34. The van der Waals surface area contributed by atoms with Gasteiger partial charge < -0.3 is 10.6 Å². The highest BCUT2D eigenvalue weighted by atomic mass is 16.2. The Morgan fingerprint density at radius 1 is 1.04 bits per heavy atom. The molecule has 3 rings (SSSR count). The van der Waals surface area contributed by atoms with Gasteiger partial charge in [-0.3, -0.25) is 9.78 Å². The van der Waals surface area contributed by atoms with Crippen LogP contribution < -0.4 is 10.6 Å². The largest absolute Gasteiger partial charge is 0.336 e. The third-order valence-corrected chi connectivity index (χ3v) is 3.90. The van der Waals surface area contributed by atoms with Crippen LogP contribution in [0, 0.1) is 0 Å². The lowest BCUT2D eigenvalue weighted by molar-refractivity contribution is 0.104. The molecule has 0 fully saturated rings. The monoisotopic (exact) mass is 359 g/mol. The number of rotatable bonds is 5. The highest BCUT2D eigenvalue weighted by Crippen LogP contribution is 2.15. The van der Waals surface area contributed by atoms with Gasteiger partial charge in [0.1, 0.15) is 0 Å². The molecule has 0 aliphatic carbocycles. The second-order valence-electron chi connectivity index (χ2n) is 6.48. The first-order valence-corrected chi connectivity index (χ1v) is 8.76. The third kappa shape index (κ3) is 5.01. The number of anilines is 1. The molecule has 0 atom stereocenters. The molecular formula is C22H21N3O2. The molecule has 2 amide bonds. The number of carbonyl (C=O) groups excluding carboxylic acids is 2. The average molecular weight is 359 g/mol. The average Bonchev–Trinajstić information content (AvgIpc) is 2.66. The maximum absolute atomic E-state index is 12.4. The van der Waals surface area contributed by atoms with Crippen LogP contribution in [0.5, 0.6) is 0 Å². The number of allylic oxidation sites excluding steroid dienone is 1. The number of hydrogen-bond acceptors (Lipinski definition) is 3. The van der Waals surface area contributed by atoms with Crippen LogP contribution in [0.3, 0.4) is 0 Å². The van der Waals surface area contributed by atoms with E-state index in [-0.39, 0.29) is 17.9 Å². The maximum Gasteiger partial charge on any atom is 0.319 e. The minimum atomic E-state index is -0.269. The van der Waals surface area contributed by atoms with Crippen LogP contribution in [0.2, 0.25) is 0 Å². The summed E-state index contributed by atoms with van der Waals surface area (Å²) in [5, 5.41) is 6.51. The normalized spacial score (nSPS) is 11.1. The van der Waals surface area contributed by atoms with Crippen LogP contribution in [-0.2, 0) is 0 Å². The molecular weight excluding hydrogens is 338 g/mol. The number of urea groups is 1. The highest BCUT2D eigenvalue weighted by molar-refractivity contribution is 6.07. The molecule has 0 aliphatic heterocycles. The summed E-state index contributed by atoms with van der Waals surface area (Å²) < 4.78 is 0. The van der Waals surface area contributed by atoms with E-state index in [0.717, 1.165) is 16.5 Å². The standard InChI is InChI=1S/C22H21N3O2/c1-15(2)24-22(27)25-19-9-7-17(8-10-19)21(26)12-6-16-5-11-20-18(14-16)4-3-13-23-20/h3-15H,1-2H3,(H2,24,25,27)/b12-6+. The number of benzene rings is 2. The first kappa shape index (κ1) is 18.3. The molecule has 2 aromatic carbocycles. The summed E-state index contributed by atoms with van der Waals surface area (Å²) >= 11 is 0. The minimum Gasteiger partial charge on any atom is -0.336 e. The fourth-order valence-electron chi connectivity index (χ4n) is 2.61. The fourth-order valence-corrected chi connectivity index (χ4v) is 2.61. The first-order chi connectivity index (χ1) is 13.0. The van der Waals surface area contributed by atoms with E-state index in [4.69, 9.17) is 0 Å². The Kier molecular flexibility index (Phi) is 5.61. The van der Waals surface area contributed by atoms with Gasteiger partial charge in [-0.2, -0.15) is 0 Å². The maximum atomic E-state index is 12.4. The molecule has 0 unspecified atom stereocenters. The molecule has 0 spiro atoms. The van der Waals surface area contributed by atoms with E-state index < -0.39 is 0 Å². The number of nitrogens with one attached hydrogen (secondary N) is 2. The molecule has 1 heterocycles. The van der Waals surface area contributed by atoms with E-state index >= 15 is 0 Å². The van der Waals surface area contributed by atoms with Crippen molar-refractivity contribution < 1.29 is 9.59 Å². The van der Waals surface area contributed by atoms with Crippen molar-refractivity contribution in [1.82, 2.24) is 10.3 Å². The van der Waals surface area contributed by atoms with Crippen molar-refractivity contribution in [1.29, 1.82) is 0 Å². The van der Waals surface area contributed by atoms with Gasteiger partial charge in [0.15, 0.2) is 5.78 Å². The number of hydrogen-bond donors (Lipinski definition) is 2. The Morgan fingerprint density at radius 2 is 1.81 bits per heavy atom. The topological polar surface area (TPSA) is 71.1 Å². The van der Waals surface area contributed by atoms with Gasteiger partial charge in [0.05, 0.1) is 5.52 Å². The second kappa shape index (κ2) is 8.27. The highest BCUT2D eigenvalue weighted by Gasteiger charge is 2.05. The quantitative estimate of drug-likeness (QED) is 0.514. The van der Waals surface area contributed by atoms with E-state index in [1.165, 1.54) is 0 Å². The summed E-state index contributed by atoms with van der Waals surface area (Å²) in [6, 6.07) is 16.3. The van der Waals surface area contributed by atoms with Gasteiger partial charge in [-0.1, -0.05) is 18.2 Å². The van der Waals surface area contributed by atoms with Crippen molar-refractivity contribution in [3.8, 4) is 0 Å². The number of carbonyl (C=O) groups is 2. The van der Waals surface area contributed by atoms with E-state index in [0.29, 0.717) is 11.3 Å². The van der Waals surface area contributed by atoms with Crippen LogP contribution in [0.15, 0.2) is 66.9 Å². The second-order valence-corrected chi connectivity index (χ2v) is 6.48. The Bertz CT molecular complexity index is 992. The van der Waals surface area contributed by atoms with Crippen molar-refractivity contribution >= 4 is 34.5 Å². The van der Waals surface area contributed by atoms with Crippen molar-refractivity contribution in [3.05, 3.63) is 78.0 Å². The van der Waals surface area contributed by atoms with Gasteiger partial charge in [0, 0.05) is 28.9 Å². The molecule has 0 radical (unpaired) electrons. The summed E-state index contributed by atoms with van der Waals surface area (Å²) in [4.78, 5) is 28.3. The predicted molar refractivity (Wildman–Crippen MR) is 109 cm³/mol.